The van der Waals surface area contributed by atoms with E-state index in [0.29, 0.717) is 18.5 Å². The predicted molar refractivity (Wildman–Crippen MR) is 74.3 cm³/mol. The molecule has 20 heavy (non-hydrogen) atoms. The number of hydrogen-bond acceptors (Lipinski definition) is 5. The lowest BCUT2D eigenvalue weighted by Crippen LogP contribution is -2.27. The number of ether oxygens (including phenoxy) is 1. The third-order valence-corrected chi connectivity index (χ3v) is 4.75. The highest BCUT2D eigenvalue weighted by Crippen LogP contribution is 2.20. The van der Waals surface area contributed by atoms with E-state index in [2.05, 4.69) is 4.72 Å². The highest BCUT2D eigenvalue weighted by Gasteiger charge is 2.20. The fourth-order valence-corrected chi connectivity index (χ4v) is 3.33. The summed E-state index contributed by atoms with van der Waals surface area (Å²) in [6.45, 7) is 1.06. The first-order valence-corrected chi connectivity index (χ1v) is 7.92. The molecule has 0 amide bonds. The van der Waals surface area contributed by atoms with Crippen molar-refractivity contribution in [3.63, 3.8) is 0 Å². The zero-order chi connectivity index (χ0) is 14.6. The lowest BCUT2D eigenvalue weighted by molar-refractivity contribution is 0.105. The molecule has 2 rings (SSSR count). The third-order valence-electron chi connectivity index (χ3n) is 3.21. The van der Waals surface area contributed by atoms with Crippen molar-refractivity contribution >= 4 is 15.7 Å². The van der Waals surface area contributed by atoms with Gasteiger partial charge < -0.3 is 10.5 Å². The number of hydrogen-bond donors (Lipinski definition) is 2. The molecule has 1 unspecified atom stereocenters. The number of nitrogen functional groups attached to an aromatic ring is 1. The number of sulfonamides is 1. The van der Waals surface area contributed by atoms with E-state index in [9.17, 15) is 8.42 Å². The van der Waals surface area contributed by atoms with Gasteiger partial charge in [-0.25, -0.2) is 13.1 Å². The second kappa shape index (κ2) is 6.22. The molecule has 1 atom stereocenters. The van der Waals surface area contributed by atoms with Gasteiger partial charge in [0.05, 0.1) is 23.4 Å². The SMILES string of the molecule is N#Cc1ccc(S(=O)(=O)NCCC2CCCO2)c(N)c1. The average Bonchev–Trinajstić information content (AvgIpc) is 2.91. The van der Waals surface area contributed by atoms with Crippen LogP contribution in [0.1, 0.15) is 24.8 Å². The lowest BCUT2D eigenvalue weighted by Gasteiger charge is -2.12. The Kier molecular flexibility index (Phi) is 4.60. The summed E-state index contributed by atoms with van der Waals surface area (Å²) in [6, 6.07) is 6.06. The molecule has 1 saturated heterocycles. The van der Waals surface area contributed by atoms with Crippen LogP contribution in [0.2, 0.25) is 0 Å². The summed E-state index contributed by atoms with van der Waals surface area (Å²) >= 11 is 0. The van der Waals surface area contributed by atoms with Crippen LogP contribution in [-0.2, 0) is 14.8 Å². The van der Waals surface area contributed by atoms with Crippen molar-refractivity contribution in [3.8, 4) is 6.07 Å². The van der Waals surface area contributed by atoms with Gasteiger partial charge in [0.2, 0.25) is 10.0 Å². The highest BCUT2D eigenvalue weighted by atomic mass is 32.2. The lowest BCUT2D eigenvalue weighted by atomic mass is 10.2. The van der Waals surface area contributed by atoms with E-state index in [1.165, 1.54) is 18.2 Å². The maximum Gasteiger partial charge on any atom is 0.242 e. The number of anilines is 1. The molecule has 1 aromatic rings. The Hall–Kier alpha value is -1.62. The molecule has 108 valence electrons. The van der Waals surface area contributed by atoms with Gasteiger partial charge >= 0.3 is 0 Å². The number of rotatable bonds is 5. The van der Waals surface area contributed by atoms with E-state index < -0.39 is 10.0 Å². The molecule has 3 N–H and O–H groups in total. The van der Waals surface area contributed by atoms with Gasteiger partial charge in [-0.1, -0.05) is 0 Å². The third kappa shape index (κ3) is 3.48. The maximum absolute atomic E-state index is 12.1. The molecule has 1 aliphatic heterocycles. The summed E-state index contributed by atoms with van der Waals surface area (Å²) in [5.41, 5.74) is 6.09. The summed E-state index contributed by atoms with van der Waals surface area (Å²) in [6.07, 6.45) is 2.78. The Labute approximate surface area is 118 Å². The van der Waals surface area contributed by atoms with E-state index in [-0.39, 0.29) is 16.7 Å². The first kappa shape index (κ1) is 14.8. The molecule has 0 aliphatic carbocycles. The molecule has 0 aromatic heterocycles. The molecular weight excluding hydrogens is 278 g/mol. The number of nitrogens with two attached hydrogens (primary N) is 1. The largest absolute Gasteiger partial charge is 0.398 e. The van der Waals surface area contributed by atoms with Crippen molar-refractivity contribution in [1.29, 1.82) is 5.26 Å². The highest BCUT2D eigenvalue weighted by molar-refractivity contribution is 7.89. The van der Waals surface area contributed by atoms with Crippen LogP contribution in [0.25, 0.3) is 0 Å². The van der Waals surface area contributed by atoms with Crippen molar-refractivity contribution in [2.45, 2.75) is 30.3 Å². The molecule has 1 fully saturated rings. The minimum Gasteiger partial charge on any atom is -0.398 e. The van der Waals surface area contributed by atoms with Crippen LogP contribution in [0.4, 0.5) is 5.69 Å². The predicted octanol–water partition coefficient (Wildman–Crippen LogP) is 0.988. The molecule has 1 aliphatic rings. The minimum atomic E-state index is -3.65. The van der Waals surface area contributed by atoms with Gasteiger partial charge in [-0.3, -0.25) is 0 Å². The molecule has 1 aromatic carbocycles. The van der Waals surface area contributed by atoms with E-state index in [0.717, 1.165) is 19.4 Å². The number of nitriles is 1. The second-order valence-corrected chi connectivity index (χ2v) is 6.42. The Morgan fingerprint density at radius 2 is 2.30 bits per heavy atom. The fraction of sp³-hybridized carbons (Fsp3) is 0.462. The monoisotopic (exact) mass is 295 g/mol. The van der Waals surface area contributed by atoms with Gasteiger partial charge in [0.25, 0.3) is 0 Å². The van der Waals surface area contributed by atoms with Gasteiger partial charge in [0.15, 0.2) is 0 Å². The Morgan fingerprint density at radius 3 is 2.90 bits per heavy atom. The molecular formula is C13H17N3O3S. The molecule has 0 spiro atoms. The number of nitrogens with one attached hydrogen (secondary N) is 1. The van der Waals surface area contributed by atoms with E-state index >= 15 is 0 Å². The molecule has 0 radical (unpaired) electrons. The molecule has 0 saturated carbocycles. The Morgan fingerprint density at radius 1 is 1.50 bits per heavy atom. The van der Waals surface area contributed by atoms with Gasteiger partial charge in [-0.2, -0.15) is 5.26 Å². The molecule has 7 heteroatoms. The summed E-state index contributed by atoms with van der Waals surface area (Å²) in [4.78, 5) is 0.00356. The number of nitrogens with zero attached hydrogens (tertiary/aromatic N) is 1. The zero-order valence-electron chi connectivity index (χ0n) is 11.0. The van der Waals surface area contributed by atoms with Crippen molar-refractivity contribution in [1.82, 2.24) is 4.72 Å². The van der Waals surface area contributed by atoms with Crippen LogP contribution in [0.15, 0.2) is 23.1 Å². The van der Waals surface area contributed by atoms with Gasteiger partial charge in [0, 0.05) is 13.2 Å². The summed E-state index contributed by atoms with van der Waals surface area (Å²) in [5, 5.41) is 8.73. The zero-order valence-corrected chi connectivity index (χ0v) is 11.8. The van der Waals surface area contributed by atoms with Gasteiger partial charge in [-0.15, -0.1) is 0 Å². The second-order valence-electron chi connectivity index (χ2n) is 4.69. The van der Waals surface area contributed by atoms with Crippen LogP contribution in [0.5, 0.6) is 0 Å². The summed E-state index contributed by atoms with van der Waals surface area (Å²) < 4.78 is 32.2. The summed E-state index contributed by atoms with van der Waals surface area (Å²) in [5.74, 6) is 0. The van der Waals surface area contributed by atoms with Crippen LogP contribution in [0.3, 0.4) is 0 Å². The van der Waals surface area contributed by atoms with Crippen molar-refractivity contribution in [3.05, 3.63) is 23.8 Å². The Balaban J connectivity index is 2.00. The van der Waals surface area contributed by atoms with Crippen molar-refractivity contribution in [2.75, 3.05) is 18.9 Å². The van der Waals surface area contributed by atoms with Crippen molar-refractivity contribution in [2.24, 2.45) is 0 Å². The first-order valence-electron chi connectivity index (χ1n) is 6.44. The standard InChI is InChI=1S/C13H17N3O3S/c14-9-10-3-4-13(12(15)8-10)20(17,18)16-6-5-11-2-1-7-19-11/h3-4,8,11,16H,1-2,5-7,15H2. The van der Waals surface area contributed by atoms with Gasteiger partial charge in [0.1, 0.15) is 4.90 Å². The van der Waals surface area contributed by atoms with Crippen molar-refractivity contribution < 1.29 is 13.2 Å². The normalized spacial score (nSPS) is 18.9. The van der Waals surface area contributed by atoms with Crippen LogP contribution in [-0.4, -0.2) is 27.7 Å². The minimum absolute atomic E-state index is 0.00356. The average molecular weight is 295 g/mol. The number of benzene rings is 1. The van der Waals surface area contributed by atoms with E-state index in [4.69, 9.17) is 15.7 Å². The molecule has 1 heterocycles. The fourth-order valence-electron chi connectivity index (χ4n) is 2.17. The maximum atomic E-state index is 12.1. The first-order chi connectivity index (χ1) is 9.53. The van der Waals surface area contributed by atoms with Crippen LogP contribution < -0.4 is 10.5 Å². The van der Waals surface area contributed by atoms with E-state index in [1.807, 2.05) is 6.07 Å². The smallest absolute Gasteiger partial charge is 0.242 e. The topological polar surface area (TPSA) is 105 Å². The quantitative estimate of drug-likeness (QED) is 0.788. The molecule has 0 bridgehead atoms. The molecule has 6 nitrogen and oxygen atoms in total. The van der Waals surface area contributed by atoms with Crippen LogP contribution >= 0.6 is 0 Å². The summed E-state index contributed by atoms with van der Waals surface area (Å²) in [7, 11) is -3.65. The Bertz CT molecular complexity index is 616. The van der Waals surface area contributed by atoms with Gasteiger partial charge in [-0.05, 0) is 37.5 Å². The van der Waals surface area contributed by atoms with E-state index in [1.54, 1.807) is 0 Å². The van der Waals surface area contributed by atoms with Crippen LogP contribution in [0, 0.1) is 11.3 Å².